The van der Waals surface area contributed by atoms with Gasteiger partial charge in [-0.05, 0) is 69.4 Å². The molecule has 1 amide bonds. The first-order valence-corrected chi connectivity index (χ1v) is 12.8. The molecule has 11 heteroatoms. The molecule has 1 aliphatic rings. The summed E-state index contributed by atoms with van der Waals surface area (Å²) in [6, 6.07) is 8.68. The van der Waals surface area contributed by atoms with E-state index >= 15 is 0 Å². The summed E-state index contributed by atoms with van der Waals surface area (Å²) in [6.07, 6.45) is -10.5. The number of hydrogen-bond donors (Lipinski definition) is 2. The number of carbonyl (C=O) groups excluding carboxylic acids is 1. The standard InChI is InChI=1S/C28H34F6N2O3/c1-5-22-14-21(35-16-17-11-19(27(29,30)31)13-20(12-17)28(32,33)34)15-23(24(37)18-9-7-6-8-10-18)36(22)25(38)39-26(2,3)4/h6-13,21-24,35,37H,5,14-16H2,1-4H3/t21-,22+,23+,24+/m0/s1. The maximum absolute atomic E-state index is 13.3. The molecule has 39 heavy (non-hydrogen) atoms. The number of nitrogens with zero attached hydrogens (tertiary/aromatic N) is 1. The lowest BCUT2D eigenvalue weighted by atomic mass is 9.85. The predicted molar refractivity (Wildman–Crippen MR) is 134 cm³/mol. The molecule has 2 N–H and O–H groups in total. The summed E-state index contributed by atoms with van der Waals surface area (Å²) in [5.74, 6) is 0. The van der Waals surface area contributed by atoms with Crippen molar-refractivity contribution in [3.05, 3.63) is 70.8 Å². The zero-order valence-corrected chi connectivity index (χ0v) is 22.2. The van der Waals surface area contributed by atoms with E-state index in [4.69, 9.17) is 4.74 Å². The van der Waals surface area contributed by atoms with Crippen molar-refractivity contribution in [2.24, 2.45) is 0 Å². The number of benzene rings is 2. The highest BCUT2D eigenvalue weighted by Crippen LogP contribution is 2.37. The predicted octanol–water partition coefficient (Wildman–Crippen LogP) is 7.09. The molecule has 0 unspecified atom stereocenters. The molecule has 2 aromatic rings. The Labute approximate surface area is 224 Å². The fraction of sp³-hybridized carbons (Fsp3) is 0.536. The van der Waals surface area contributed by atoms with Crippen LogP contribution in [0.1, 0.15) is 75.3 Å². The van der Waals surface area contributed by atoms with Crippen molar-refractivity contribution in [3.63, 3.8) is 0 Å². The maximum Gasteiger partial charge on any atom is 0.416 e. The number of hydrogen-bond acceptors (Lipinski definition) is 4. The minimum absolute atomic E-state index is 0.0994. The summed E-state index contributed by atoms with van der Waals surface area (Å²) in [7, 11) is 0. The highest BCUT2D eigenvalue weighted by molar-refractivity contribution is 5.69. The van der Waals surface area contributed by atoms with Gasteiger partial charge in [0.15, 0.2) is 0 Å². The van der Waals surface area contributed by atoms with E-state index in [0.717, 1.165) is 0 Å². The van der Waals surface area contributed by atoms with Crippen LogP contribution in [0.2, 0.25) is 0 Å². The van der Waals surface area contributed by atoms with Crippen LogP contribution < -0.4 is 5.32 Å². The number of nitrogens with one attached hydrogen (secondary N) is 1. The van der Waals surface area contributed by atoms with E-state index in [0.29, 0.717) is 30.5 Å². The largest absolute Gasteiger partial charge is 0.444 e. The second kappa shape index (κ2) is 11.8. The quantitative estimate of drug-likeness (QED) is 0.370. The number of likely N-dealkylation sites (tertiary alicyclic amines) is 1. The third kappa shape index (κ3) is 8.11. The van der Waals surface area contributed by atoms with Crippen molar-refractivity contribution in [3.8, 4) is 0 Å². The summed E-state index contributed by atoms with van der Waals surface area (Å²) < 4.78 is 85.4. The number of aliphatic hydroxyl groups excluding tert-OH is 1. The summed E-state index contributed by atoms with van der Waals surface area (Å²) in [6.45, 7) is 6.79. The summed E-state index contributed by atoms with van der Waals surface area (Å²) >= 11 is 0. The van der Waals surface area contributed by atoms with Gasteiger partial charge in [0.2, 0.25) is 0 Å². The van der Waals surface area contributed by atoms with Crippen molar-refractivity contribution in [1.82, 2.24) is 10.2 Å². The average molecular weight is 561 g/mol. The maximum atomic E-state index is 13.3. The van der Waals surface area contributed by atoms with E-state index in [2.05, 4.69) is 5.32 Å². The second-order valence-electron chi connectivity index (χ2n) is 10.8. The molecule has 0 spiro atoms. The zero-order valence-electron chi connectivity index (χ0n) is 22.2. The van der Waals surface area contributed by atoms with Crippen LogP contribution in [0.15, 0.2) is 48.5 Å². The summed E-state index contributed by atoms with van der Waals surface area (Å²) in [5, 5.41) is 14.4. The molecule has 0 aromatic heterocycles. The van der Waals surface area contributed by atoms with E-state index in [1.807, 2.05) is 6.92 Å². The van der Waals surface area contributed by atoms with E-state index in [1.165, 1.54) is 4.90 Å². The average Bonchev–Trinajstić information content (AvgIpc) is 2.84. The minimum Gasteiger partial charge on any atom is -0.444 e. The molecule has 1 heterocycles. The van der Waals surface area contributed by atoms with Crippen molar-refractivity contribution >= 4 is 6.09 Å². The zero-order chi connectivity index (χ0) is 29.2. The lowest BCUT2D eigenvalue weighted by molar-refractivity contribution is -0.143. The van der Waals surface area contributed by atoms with E-state index in [9.17, 15) is 36.2 Å². The Hall–Kier alpha value is -2.79. The Morgan fingerprint density at radius 2 is 1.56 bits per heavy atom. The van der Waals surface area contributed by atoms with Gasteiger partial charge in [0, 0.05) is 18.6 Å². The van der Waals surface area contributed by atoms with Crippen LogP contribution in [0, 0.1) is 0 Å². The van der Waals surface area contributed by atoms with Gasteiger partial charge in [0.25, 0.3) is 0 Å². The third-order valence-corrected chi connectivity index (χ3v) is 6.66. The van der Waals surface area contributed by atoms with Gasteiger partial charge in [0.1, 0.15) is 5.60 Å². The number of carbonyl (C=O) groups is 1. The molecule has 1 fully saturated rings. The lowest BCUT2D eigenvalue weighted by Crippen LogP contribution is -2.58. The van der Waals surface area contributed by atoms with Gasteiger partial charge in [-0.2, -0.15) is 26.3 Å². The first-order chi connectivity index (χ1) is 18.0. The van der Waals surface area contributed by atoms with Gasteiger partial charge >= 0.3 is 18.4 Å². The summed E-state index contributed by atoms with van der Waals surface area (Å²) in [4.78, 5) is 14.8. The third-order valence-electron chi connectivity index (χ3n) is 6.66. The topological polar surface area (TPSA) is 61.8 Å². The van der Waals surface area contributed by atoms with Crippen molar-refractivity contribution in [2.75, 3.05) is 0 Å². The molecule has 2 aromatic carbocycles. The van der Waals surface area contributed by atoms with E-state index in [-0.39, 0.29) is 30.6 Å². The molecule has 0 bridgehead atoms. The first kappa shape index (κ1) is 30.7. The van der Waals surface area contributed by atoms with Crippen molar-refractivity contribution in [1.29, 1.82) is 0 Å². The number of amides is 1. The van der Waals surface area contributed by atoms with E-state index < -0.39 is 53.4 Å². The van der Waals surface area contributed by atoms with Crippen LogP contribution >= 0.6 is 0 Å². The molecule has 0 aliphatic carbocycles. The number of aliphatic hydroxyl groups is 1. The van der Waals surface area contributed by atoms with Crippen LogP contribution in [0.3, 0.4) is 0 Å². The molecule has 0 radical (unpaired) electrons. The van der Waals surface area contributed by atoms with Gasteiger partial charge in [-0.3, -0.25) is 4.90 Å². The molecular weight excluding hydrogens is 526 g/mol. The molecule has 5 nitrogen and oxygen atoms in total. The smallest absolute Gasteiger partial charge is 0.416 e. The SMILES string of the molecule is CC[C@@H]1C[C@H](NCc2cc(C(F)(F)F)cc(C(F)(F)F)c2)C[C@H]([C@H](O)c2ccccc2)N1C(=O)OC(C)(C)C. The van der Waals surface area contributed by atoms with Crippen LogP contribution in [0.4, 0.5) is 31.1 Å². The van der Waals surface area contributed by atoms with Gasteiger partial charge in [-0.15, -0.1) is 0 Å². The van der Waals surface area contributed by atoms with E-state index in [1.54, 1.807) is 51.1 Å². The second-order valence-corrected chi connectivity index (χ2v) is 10.8. The fourth-order valence-electron chi connectivity index (χ4n) is 4.88. The number of alkyl halides is 6. The van der Waals surface area contributed by atoms with Crippen LogP contribution in [-0.4, -0.2) is 39.8 Å². The fourth-order valence-corrected chi connectivity index (χ4v) is 4.88. The Morgan fingerprint density at radius 3 is 2.05 bits per heavy atom. The van der Waals surface area contributed by atoms with Crippen molar-refractivity contribution < 1.29 is 41.0 Å². The van der Waals surface area contributed by atoms with Crippen LogP contribution in [-0.2, 0) is 23.6 Å². The Bertz CT molecular complexity index is 1080. The number of rotatable bonds is 6. The minimum atomic E-state index is -4.94. The van der Waals surface area contributed by atoms with Gasteiger partial charge < -0.3 is 15.2 Å². The lowest BCUT2D eigenvalue weighted by Gasteiger charge is -2.47. The molecule has 0 saturated carbocycles. The van der Waals surface area contributed by atoms with Gasteiger partial charge in [0.05, 0.1) is 23.3 Å². The molecule has 1 saturated heterocycles. The monoisotopic (exact) mass is 560 g/mol. The highest BCUT2D eigenvalue weighted by Gasteiger charge is 2.43. The molecule has 3 rings (SSSR count). The number of ether oxygens (including phenoxy) is 1. The molecular formula is C28H34F6N2O3. The normalized spacial score (nSPS) is 21.5. The first-order valence-electron chi connectivity index (χ1n) is 12.8. The molecule has 216 valence electrons. The highest BCUT2D eigenvalue weighted by atomic mass is 19.4. The molecule has 4 atom stereocenters. The van der Waals surface area contributed by atoms with Crippen LogP contribution in [0.25, 0.3) is 0 Å². The molecule has 1 aliphatic heterocycles. The van der Waals surface area contributed by atoms with Gasteiger partial charge in [-0.1, -0.05) is 37.3 Å². The van der Waals surface area contributed by atoms with Crippen molar-refractivity contribution in [2.45, 2.75) is 95.7 Å². The Morgan fingerprint density at radius 1 is 1.00 bits per heavy atom. The van der Waals surface area contributed by atoms with Gasteiger partial charge in [-0.25, -0.2) is 4.79 Å². The number of piperidine rings is 1. The Kier molecular flexibility index (Phi) is 9.27. The van der Waals surface area contributed by atoms with Crippen LogP contribution in [0.5, 0.6) is 0 Å². The number of halogens is 6. The summed E-state index contributed by atoms with van der Waals surface area (Å²) in [5.41, 5.74) is -3.14. The Balaban J connectivity index is 1.89.